The number of imidazole rings is 1. The first kappa shape index (κ1) is 13.8. The normalized spacial score (nSPS) is 21.8. The molecule has 0 spiro atoms. The standard InChI is InChI=1S/C16H20BrN3/c1-3-16(2)15-14(8-9-19-16)18-11-20(15)10-12-6-4-5-7-13(12)17/h4-7,11,19H,3,8-10H2,1-2H3. The Balaban J connectivity index is 2.00. The van der Waals surface area contributed by atoms with Crippen LogP contribution < -0.4 is 5.32 Å². The van der Waals surface area contributed by atoms with Crippen LogP contribution >= 0.6 is 15.9 Å². The van der Waals surface area contributed by atoms with Crippen molar-refractivity contribution < 1.29 is 0 Å². The minimum Gasteiger partial charge on any atom is -0.328 e. The van der Waals surface area contributed by atoms with Gasteiger partial charge in [-0.25, -0.2) is 4.98 Å². The molecule has 1 atom stereocenters. The molecule has 3 rings (SSSR count). The molecule has 3 nitrogen and oxygen atoms in total. The van der Waals surface area contributed by atoms with E-state index in [-0.39, 0.29) is 5.54 Å². The van der Waals surface area contributed by atoms with Crippen molar-refractivity contribution in [3.8, 4) is 0 Å². The second-order valence-electron chi connectivity index (χ2n) is 5.62. The summed E-state index contributed by atoms with van der Waals surface area (Å²) in [6.45, 7) is 6.39. The fraction of sp³-hybridized carbons (Fsp3) is 0.438. The van der Waals surface area contributed by atoms with Crippen molar-refractivity contribution in [3.63, 3.8) is 0 Å². The molecule has 1 N–H and O–H groups in total. The highest BCUT2D eigenvalue weighted by Gasteiger charge is 2.34. The quantitative estimate of drug-likeness (QED) is 0.932. The summed E-state index contributed by atoms with van der Waals surface area (Å²) in [5.41, 5.74) is 3.92. The zero-order valence-corrected chi connectivity index (χ0v) is 13.6. The van der Waals surface area contributed by atoms with Crippen molar-refractivity contribution in [1.82, 2.24) is 14.9 Å². The smallest absolute Gasteiger partial charge is 0.0955 e. The molecule has 1 unspecified atom stereocenters. The second kappa shape index (κ2) is 5.34. The maximum atomic E-state index is 4.63. The fourth-order valence-corrected chi connectivity index (χ4v) is 3.42. The van der Waals surface area contributed by atoms with Gasteiger partial charge >= 0.3 is 0 Å². The lowest BCUT2D eigenvalue weighted by Crippen LogP contribution is -2.45. The SMILES string of the molecule is CCC1(C)NCCc2ncn(Cc3ccccc3Br)c21. The number of nitrogens with zero attached hydrogens (tertiary/aromatic N) is 2. The van der Waals surface area contributed by atoms with Crippen LogP contribution in [0.25, 0.3) is 0 Å². The van der Waals surface area contributed by atoms with E-state index in [0.717, 1.165) is 30.4 Å². The van der Waals surface area contributed by atoms with Crippen LogP contribution in [0.1, 0.15) is 37.2 Å². The first-order chi connectivity index (χ1) is 9.64. The molecule has 4 heteroatoms. The minimum absolute atomic E-state index is 0.0331. The van der Waals surface area contributed by atoms with Gasteiger partial charge in [0.05, 0.1) is 23.3 Å². The average Bonchev–Trinajstić information content (AvgIpc) is 2.86. The average molecular weight is 334 g/mol. The molecular weight excluding hydrogens is 314 g/mol. The van der Waals surface area contributed by atoms with E-state index < -0.39 is 0 Å². The highest BCUT2D eigenvalue weighted by Crippen LogP contribution is 2.31. The van der Waals surface area contributed by atoms with E-state index in [2.05, 4.69) is 68.9 Å². The Kier molecular flexibility index (Phi) is 3.69. The summed E-state index contributed by atoms with van der Waals surface area (Å²) in [4.78, 5) is 4.63. The monoisotopic (exact) mass is 333 g/mol. The number of hydrogen-bond donors (Lipinski definition) is 1. The molecule has 1 aliphatic rings. The van der Waals surface area contributed by atoms with Crippen molar-refractivity contribution in [2.75, 3.05) is 6.54 Å². The predicted molar refractivity (Wildman–Crippen MR) is 84.8 cm³/mol. The molecule has 1 aromatic heterocycles. The van der Waals surface area contributed by atoms with Crippen molar-refractivity contribution in [1.29, 1.82) is 0 Å². The van der Waals surface area contributed by atoms with Crippen molar-refractivity contribution >= 4 is 15.9 Å². The molecule has 1 aromatic carbocycles. The first-order valence-electron chi connectivity index (χ1n) is 7.17. The highest BCUT2D eigenvalue weighted by atomic mass is 79.9. The van der Waals surface area contributed by atoms with Gasteiger partial charge in [-0.1, -0.05) is 41.1 Å². The van der Waals surface area contributed by atoms with Gasteiger partial charge in [-0.3, -0.25) is 0 Å². The number of fused-ring (bicyclic) bond motifs is 1. The van der Waals surface area contributed by atoms with Crippen LogP contribution in [0, 0.1) is 0 Å². The third-order valence-corrected chi connectivity index (χ3v) is 5.09. The number of rotatable bonds is 3. The van der Waals surface area contributed by atoms with Gasteiger partial charge in [-0.15, -0.1) is 0 Å². The van der Waals surface area contributed by atoms with Gasteiger partial charge in [0.1, 0.15) is 0 Å². The van der Waals surface area contributed by atoms with Gasteiger partial charge in [0.25, 0.3) is 0 Å². The maximum Gasteiger partial charge on any atom is 0.0955 e. The van der Waals surface area contributed by atoms with Crippen molar-refractivity contribution in [3.05, 3.63) is 52.0 Å². The van der Waals surface area contributed by atoms with Gasteiger partial charge < -0.3 is 9.88 Å². The van der Waals surface area contributed by atoms with E-state index in [0.29, 0.717) is 0 Å². The molecule has 2 aromatic rings. The number of halogens is 1. The molecule has 2 heterocycles. The minimum atomic E-state index is 0.0331. The van der Waals surface area contributed by atoms with Crippen molar-refractivity contribution in [2.24, 2.45) is 0 Å². The Morgan fingerprint density at radius 2 is 2.20 bits per heavy atom. The molecule has 0 saturated carbocycles. The summed E-state index contributed by atoms with van der Waals surface area (Å²) in [6.07, 6.45) is 4.08. The van der Waals surface area contributed by atoms with E-state index in [1.807, 2.05) is 6.33 Å². The summed E-state index contributed by atoms with van der Waals surface area (Å²) in [6, 6.07) is 8.39. The Labute approximate surface area is 128 Å². The Morgan fingerprint density at radius 3 is 2.95 bits per heavy atom. The summed E-state index contributed by atoms with van der Waals surface area (Å²) < 4.78 is 3.45. The fourth-order valence-electron chi connectivity index (χ4n) is 3.01. The molecule has 106 valence electrons. The number of aromatic nitrogens is 2. The van der Waals surface area contributed by atoms with Crippen LogP contribution in [0.4, 0.5) is 0 Å². The van der Waals surface area contributed by atoms with Crippen LogP contribution in [0.3, 0.4) is 0 Å². The lowest BCUT2D eigenvalue weighted by molar-refractivity contribution is 0.314. The number of benzene rings is 1. The molecule has 20 heavy (non-hydrogen) atoms. The zero-order chi connectivity index (χ0) is 14.2. The molecule has 0 fully saturated rings. The molecule has 0 radical (unpaired) electrons. The molecule has 1 aliphatic heterocycles. The van der Waals surface area contributed by atoms with Gasteiger partial charge in [-0.2, -0.15) is 0 Å². The summed E-state index contributed by atoms with van der Waals surface area (Å²) in [7, 11) is 0. The highest BCUT2D eigenvalue weighted by molar-refractivity contribution is 9.10. The predicted octanol–water partition coefficient (Wildman–Crippen LogP) is 3.46. The van der Waals surface area contributed by atoms with E-state index in [1.165, 1.54) is 17.0 Å². The Bertz CT molecular complexity index is 620. The number of nitrogens with one attached hydrogen (secondary N) is 1. The van der Waals surface area contributed by atoms with Gasteiger partial charge in [0, 0.05) is 24.0 Å². The topological polar surface area (TPSA) is 29.9 Å². The lowest BCUT2D eigenvalue weighted by Gasteiger charge is -2.35. The Morgan fingerprint density at radius 1 is 1.40 bits per heavy atom. The summed E-state index contributed by atoms with van der Waals surface area (Å²) in [5.74, 6) is 0. The molecule has 0 aliphatic carbocycles. The van der Waals surface area contributed by atoms with Crippen LogP contribution in [-0.4, -0.2) is 16.1 Å². The lowest BCUT2D eigenvalue weighted by atomic mass is 9.88. The van der Waals surface area contributed by atoms with Crippen molar-refractivity contribution in [2.45, 2.75) is 38.8 Å². The summed E-state index contributed by atoms with van der Waals surface area (Å²) in [5, 5.41) is 3.66. The number of hydrogen-bond acceptors (Lipinski definition) is 2. The van der Waals surface area contributed by atoms with Crippen LogP contribution in [0.2, 0.25) is 0 Å². The third kappa shape index (κ3) is 2.31. The molecule has 0 amide bonds. The van der Waals surface area contributed by atoms with Gasteiger partial charge in [0.2, 0.25) is 0 Å². The van der Waals surface area contributed by atoms with E-state index in [4.69, 9.17) is 0 Å². The van der Waals surface area contributed by atoms with E-state index in [9.17, 15) is 0 Å². The summed E-state index contributed by atoms with van der Waals surface area (Å²) >= 11 is 3.63. The molecule has 0 saturated heterocycles. The molecular formula is C16H20BrN3. The zero-order valence-electron chi connectivity index (χ0n) is 12.0. The van der Waals surface area contributed by atoms with Crippen LogP contribution in [-0.2, 0) is 18.5 Å². The molecule has 0 bridgehead atoms. The maximum absolute atomic E-state index is 4.63. The third-order valence-electron chi connectivity index (χ3n) is 4.32. The largest absolute Gasteiger partial charge is 0.328 e. The van der Waals surface area contributed by atoms with E-state index >= 15 is 0 Å². The van der Waals surface area contributed by atoms with E-state index in [1.54, 1.807) is 0 Å². The van der Waals surface area contributed by atoms with Crippen LogP contribution in [0.15, 0.2) is 35.1 Å². The first-order valence-corrected chi connectivity index (χ1v) is 7.96. The Hall–Kier alpha value is -1.13. The van der Waals surface area contributed by atoms with Gasteiger partial charge in [0.15, 0.2) is 0 Å². The van der Waals surface area contributed by atoms with Crippen LogP contribution in [0.5, 0.6) is 0 Å². The second-order valence-corrected chi connectivity index (χ2v) is 6.48. The van der Waals surface area contributed by atoms with Gasteiger partial charge in [-0.05, 0) is 25.0 Å².